The number of hydrogen-bond donors (Lipinski definition) is 1. The van der Waals surface area contributed by atoms with Crippen LogP contribution in [0.1, 0.15) is 44.7 Å². The molecule has 0 bridgehead atoms. The van der Waals surface area contributed by atoms with Gasteiger partial charge >= 0.3 is 6.16 Å². The Morgan fingerprint density at radius 3 is 2.68 bits per heavy atom. The zero-order chi connectivity index (χ0) is 22.0. The van der Waals surface area contributed by atoms with Crippen LogP contribution in [0.5, 0.6) is 5.88 Å². The summed E-state index contributed by atoms with van der Waals surface area (Å²) < 4.78 is 16.9. The minimum atomic E-state index is -0.734. The van der Waals surface area contributed by atoms with Crippen LogP contribution in [0.2, 0.25) is 0 Å². The van der Waals surface area contributed by atoms with E-state index in [0.717, 1.165) is 33.3 Å². The Morgan fingerprint density at radius 1 is 1.13 bits per heavy atom. The van der Waals surface area contributed by atoms with E-state index in [0.29, 0.717) is 11.6 Å². The maximum Gasteiger partial charge on any atom is 0.513 e. The van der Waals surface area contributed by atoms with E-state index in [1.54, 1.807) is 13.1 Å². The molecule has 1 unspecified atom stereocenters. The van der Waals surface area contributed by atoms with E-state index in [1.165, 1.54) is 0 Å². The van der Waals surface area contributed by atoms with Gasteiger partial charge in [-0.3, -0.25) is 0 Å². The third-order valence-corrected chi connectivity index (χ3v) is 5.13. The van der Waals surface area contributed by atoms with Crippen molar-refractivity contribution in [2.45, 2.75) is 39.7 Å². The average molecular weight is 418 g/mol. The normalized spacial score (nSPS) is 15.5. The Morgan fingerprint density at radius 2 is 1.90 bits per heavy atom. The largest absolute Gasteiger partial charge is 0.513 e. The van der Waals surface area contributed by atoms with E-state index >= 15 is 0 Å². The van der Waals surface area contributed by atoms with Crippen molar-refractivity contribution in [1.82, 2.24) is 4.98 Å². The zero-order valence-electron chi connectivity index (χ0n) is 18.1. The molecule has 3 aromatic rings. The number of hydrogen-bond acceptors (Lipinski definition) is 6. The van der Waals surface area contributed by atoms with Crippen LogP contribution in [0.4, 0.5) is 10.5 Å². The van der Waals surface area contributed by atoms with Gasteiger partial charge in [0, 0.05) is 11.9 Å². The number of nitrogens with zero attached hydrogens (tertiary/aromatic N) is 1. The van der Waals surface area contributed by atoms with Crippen LogP contribution < -0.4 is 10.1 Å². The van der Waals surface area contributed by atoms with Crippen molar-refractivity contribution in [2.24, 2.45) is 0 Å². The van der Waals surface area contributed by atoms with Crippen LogP contribution in [0.3, 0.4) is 0 Å². The van der Waals surface area contributed by atoms with E-state index in [4.69, 9.17) is 14.2 Å². The lowest BCUT2D eigenvalue weighted by Crippen LogP contribution is -2.24. The molecule has 160 valence electrons. The highest BCUT2D eigenvalue weighted by Gasteiger charge is 2.35. The summed E-state index contributed by atoms with van der Waals surface area (Å²) in [5, 5.41) is 5.52. The summed E-state index contributed by atoms with van der Waals surface area (Å²) in [6.45, 7) is 7.79. The number of nitrogens with one attached hydrogen (secondary N) is 1. The highest BCUT2D eigenvalue weighted by molar-refractivity contribution is 5.88. The molecule has 0 fully saturated rings. The van der Waals surface area contributed by atoms with Gasteiger partial charge in [0.25, 0.3) is 0 Å². The van der Waals surface area contributed by atoms with Gasteiger partial charge in [0.15, 0.2) is 0 Å². The number of ether oxygens (including phenoxy) is 3. The number of carbonyl (C=O) groups excluding carboxylic acids is 1. The second-order valence-electron chi connectivity index (χ2n) is 7.64. The summed E-state index contributed by atoms with van der Waals surface area (Å²) in [4.78, 5) is 16.8. The molecule has 4 rings (SSSR count). The molecule has 2 heterocycles. The van der Waals surface area contributed by atoms with Crippen LogP contribution in [0.25, 0.3) is 10.8 Å². The quantitative estimate of drug-likeness (QED) is 0.514. The number of aromatic nitrogens is 1. The Kier molecular flexibility index (Phi) is 5.80. The smallest absolute Gasteiger partial charge is 0.475 e. The molecule has 1 atom stereocenters. The average Bonchev–Trinajstić information content (AvgIpc) is 2.74. The summed E-state index contributed by atoms with van der Waals surface area (Å²) in [6.07, 6.45) is 0.921. The fraction of sp³-hybridized carbons (Fsp3) is 0.280. The molecule has 1 aliphatic heterocycles. The molecule has 1 N–H and O–H groups in total. The standard InChI is InChI=1S/C25H26N2O4/c1-5-29-25(28)31-23-16(4)27-20-13-14-26-24(30-15(2)3)22(20)21(23)19-12-8-10-17-9-6-7-11-18(17)19/h6-15,21,27H,5H2,1-4H3. The predicted molar refractivity (Wildman–Crippen MR) is 120 cm³/mol. The van der Waals surface area contributed by atoms with Crippen molar-refractivity contribution in [3.63, 3.8) is 0 Å². The maximum atomic E-state index is 12.3. The van der Waals surface area contributed by atoms with Crippen LogP contribution in [-0.2, 0) is 9.47 Å². The Bertz CT molecular complexity index is 1150. The van der Waals surface area contributed by atoms with Gasteiger partial charge < -0.3 is 19.5 Å². The highest BCUT2D eigenvalue weighted by atomic mass is 16.7. The molecule has 31 heavy (non-hydrogen) atoms. The first-order valence-corrected chi connectivity index (χ1v) is 10.4. The SMILES string of the molecule is CCOC(=O)OC1=C(C)Nc2ccnc(OC(C)C)c2C1c1cccc2ccccc12. The maximum absolute atomic E-state index is 12.3. The molecule has 0 spiro atoms. The summed E-state index contributed by atoms with van der Waals surface area (Å²) in [6, 6.07) is 16.2. The number of allylic oxidation sites excluding steroid dienone is 2. The van der Waals surface area contributed by atoms with Crippen molar-refractivity contribution in [3.8, 4) is 5.88 Å². The Labute approximate surface area is 181 Å². The van der Waals surface area contributed by atoms with Gasteiger partial charge in [-0.05, 0) is 50.1 Å². The van der Waals surface area contributed by atoms with E-state index in [1.807, 2.05) is 45.0 Å². The van der Waals surface area contributed by atoms with Gasteiger partial charge in [-0.25, -0.2) is 9.78 Å². The highest BCUT2D eigenvalue weighted by Crippen LogP contribution is 2.47. The number of anilines is 1. The zero-order valence-corrected chi connectivity index (χ0v) is 18.1. The number of pyridine rings is 1. The topological polar surface area (TPSA) is 69.7 Å². The minimum Gasteiger partial charge on any atom is -0.475 e. The first kappa shape index (κ1) is 20.7. The van der Waals surface area contributed by atoms with Crippen molar-refractivity contribution < 1.29 is 19.0 Å². The lowest BCUT2D eigenvalue weighted by atomic mass is 9.83. The first-order chi connectivity index (χ1) is 15.0. The second kappa shape index (κ2) is 8.68. The second-order valence-corrected chi connectivity index (χ2v) is 7.64. The summed E-state index contributed by atoms with van der Waals surface area (Å²) in [5.74, 6) is 0.591. The molecule has 6 nitrogen and oxygen atoms in total. The van der Waals surface area contributed by atoms with Crippen LogP contribution in [0.15, 0.2) is 66.2 Å². The number of fused-ring (bicyclic) bond motifs is 2. The van der Waals surface area contributed by atoms with Gasteiger partial charge in [-0.1, -0.05) is 42.5 Å². The predicted octanol–water partition coefficient (Wildman–Crippen LogP) is 5.98. The van der Waals surface area contributed by atoms with Gasteiger partial charge in [0.2, 0.25) is 5.88 Å². The first-order valence-electron chi connectivity index (χ1n) is 10.4. The van der Waals surface area contributed by atoms with E-state index in [9.17, 15) is 4.79 Å². The molecule has 0 amide bonds. The monoisotopic (exact) mass is 418 g/mol. The fourth-order valence-corrected chi connectivity index (χ4v) is 3.94. The summed E-state index contributed by atoms with van der Waals surface area (Å²) in [7, 11) is 0. The molecule has 0 aliphatic carbocycles. The molecular weight excluding hydrogens is 392 g/mol. The van der Waals surface area contributed by atoms with Crippen LogP contribution in [0, 0.1) is 0 Å². The van der Waals surface area contributed by atoms with E-state index in [2.05, 4.69) is 34.6 Å². The number of benzene rings is 2. The van der Waals surface area contributed by atoms with E-state index in [-0.39, 0.29) is 12.7 Å². The lowest BCUT2D eigenvalue weighted by Gasteiger charge is -2.31. The Balaban J connectivity index is 1.96. The van der Waals surface area contributed by atoms with Crippen LogP contribution in [-0.4, -0.2) is 23.9 Å². The molecule has 1 aromatic heterocycles. The minimum absolute atomic E-state index is 0.0615. The van der Waals surface area contributed by atoms with Gasteiger partial charge in [-0.2, -0.15) is 0 Å². The molecular formula is C25H26N2O4. The van der Waals surface area contributed by atoms with Gasteiger partial charge in [0.1, 0.15) is 5.76 Å². The summed E-state index contributed by atoms with van der Waals surface area (Å²) >= 11 is 0. The van der Waals surface area contributed by atoms with Crippen molar-refractivity contribution in [3.05, 3.63) is 77.3 Å². The molecule has 0 saturated heterocycles. The van der Waals surface area contributed by atoms with Crippen molar-refractivity contribution in [2.75, 3.05) is 11.9 Å². The van der Waals surface area contributed by atoms with Crippen LogP contribution >= 0.6 is 0 Å². The van der Waals surface area contributed by atoms with Gasteiger partial charge in [0.05, 0.1) is 29.9 Å². The van der Waals surface area contributed by atoms with Crippen molar-refractivity contribution >= 4 is 22.6 Å². The van der Waals surface area contributed by atoms with Gasteiger partial charge in [-0.15, -0.1) is 0 Å². The van der Waals surface area contributed by atoms with E-state index < -0.39 is 12.1 Å². The molecule has 0 saturated carbocycles. The Hall–Kier alpha value is -3.54. The van der Waals surface area contributed by atoms with Crippen molar-refractivity contribution in [1.29, 1.82) is 0 Å². The molecule has 6 heteroatoms. The molecule has 0 radical (unpaired) electrons. The fourth-order valence-electron chi connectivity index (χ4n) is 3.94. The number of rotatable bonds is 5. The third kappa shape index (κ3) is 4.06. The molecule has 1 aliphatic rings. The summed E-state index contributed by atoms with van der Waals surface area (Å²) in [5.41, 5.74) is 3.44. The lowest BCUT2D eigenvalue weighted by molar-refractivity contribution is 0.0776. The third-order valence-electron chi connectivity index (χ3n) is 5.13. The number of carbonyl (C=O) groups is 1. The molecule has 2 aromatic carbocycles.